The van der Waals surface area contributed by atoms with Gasteiger partial charge in [0.1, 0.15) is 5.60 Å². The van der Waals surface area contributed by atoms with Crippen LogP contribution in [0, 0.1) is 0 Å². The van der Waals surface area contributed by atoms with Crippen molar-refractivity contribution < 1.29 is 19.1 Å². The van der Waals surface area contributed by atoms with E-state index in [1.54, 1.807) is 27.7 Å². The molecule has 0 saturated heterocycles. The lowest BCUT2D eigenvalue weighted by Crippen LogP contribution is -2.25. The molecule has 1 rings (SSSR count). The van der Waals surface area contributed by atoms with E-state index in [0.29, 0.717) is 9.50 Å². The molecule has 0 atom stereocenters. The van der Waals surface area contributed by atoms with E-state index in [1.807, 2.05) is 0 Å². The summed E-state index contributed by atoms with van der Waals surface area (Å²) in [6.07, 6.45) is 0. The predicted molar refractivity (Wildman–Crippen MR) is 80.3 cm³/mol. The van der Waals surface area contributed by atoms with Gasteiger partial charge in [-0.25, -0.2) is 9.59 Å². The first-order chi connectivity index (χ1) is 9.15. The monoisotopic (exact) mass is 362 g/mol. The summed E-state index contributed by atoms with van der Waals surface area (Å²) in [5.41, 5.74) is -0.452. The predicted octanol–water partition coefficient (Wildman–Crippen LogP) is 4.23. The minimum absolute atomic E-state index is 0.0894. The van der Waals surface area contributed by atoms with Crippen molar-refractivity contribution in [3.05, 3.63) is 32.8 Å². The van der Waals surface area contributed by atoms with Crippen LogP contribution in [0.2, 0.25) is 5.02 Å². The highest BCUT2D eigenvalue weighted by atomic mass is 79.9. The third kappa shape index (κ3) is 4.49. The smallest absolute Gasteiger partial charge is 0.339 e. The van der Waals surface area contributed by atoms with Crippen LogP contribution in [0.15, 0.2) is 16.6 Å². The van der Waals surface area contributed by atoms with E-state index in [2.05, 4.69) is 15.9 Å². The lowest BCUT2D eigenvalue weighted by atomic mass is 10.1. The number of halogens is 2. The fourth-order valence-corrected chi connectivity index (χ4v) is 1.93. The van der Waals surface area contributed by atoms with Crippen molar-refractivity contribution in [3.8, 4) is 0 Å². The summed E-state index contributed by atoms with van der Waals surface area (Å²) >= 11 is 9.19. The quantitative estimate of drug-likeness (QED) is 0.754. The number of carbonyl (C=O) groups excluding carboxylic acids is 2. The molecule has 110 valence electrons. The first-order valence-electron chi connectivity index (χ1n) is 6.05. The highest BCUT2D eigenvalue weighted by Crippen LogP contribution is 2.28. The summed E-state index contributed by atoms with van der Waals surface area (Å²) in [6, 6.07) is 2.85. The third-order valence-corrected chi connectivity index (χ3v) is 3.37. The first kappa shape index (κ1) is 17.0. The lowest BCUT2D eigenvalue weighted by Gasteiger charge is -2.20. The normalized spacial score (nSPS) is 11.1. The summed E-state index contributed by atoms with van der Waals surface area (Å²) < 4.78 is 10.7. The zero-order valence-corrected chi connectivity index (χ0v) is 14.1. The molecule has 0 aliphatic rings. The molecular formula is C14H16BrClO4. The minimum Gasteiger partial charge on any atom is -0.462 e. The standard InChI is InChI=1S/C14H16BrClO4/c1-5-19-12(17)8-6-10(15)11(16)7-9(8)13(18)20-14(2,3)4/h6-7H,5H2,1-4H3. The average Bonchev–Trinajstić information content (AvgIpc) is 2.30. The largest absolute Gasteiger partial charge is 0.462 e. The SMILES string of the molecule is CCOC(=O)c1cc(Br)c(Cl)cc1C(=O)OC(C)(C)C. The van der Waals surface area contributed by atoms with Crippen LogP contribution in [0.5, 0.6) is 0 Å². The topological polar surface area (TPSA) is 52.6 Å². The third-order valence-electron chi connectivity index (χ3n) is 2.17. The fraction of sp³-hybridized carbons (Fsp3) is 0.429. The minimum atomic E-state index is -0.664. The second-order valence-corrected chi connectivity index (χ2v) is 6.30. The number of carbonyl (C=O) groups is 2. The maximum absolute atomic E-state index is 12.1. The maximum atomic E-state index is 12.1. The van der Waals surface area contributed by atoms with Crippen LogP contribution < -0.4 is 0 Å². The molecule has 0 fully saturated rings. The Morgan fingerprint density at radius 1 is 1.20 bits per heavy atom. The molecule has 0 unspecified atom stereocenters. The number of benzene rings is 1. The van der Waals surface area contributed by atoms with Crippen LogP contribution in [-0.2, 0) is 9.47 Å². The summed E-state index contributed by atoms with van der Waals surface area (Å²) in [6.45, 7) is 7.14. The number of hydrogen-bond donors (Lipinski definition) is 0. The van der Waals surface area contributed by atoms with Crippen molar-refractivity contribution in [2.24, 2.45) is 0 Å². The second-order valence-electron chi connectivity index (χ2n) is 5.03. The van der Waals surface area contributed by atoms with E-state index in [-0.39, 0.29) is 17.7 Å². The summed E-state index contributed by atoms with van der Waals surface area (Å²) in [7, 11) is 0. The van der Waals surface area contributed by atoms with Crippen molar-refractivity contribution in [2.75, 3.05) is 6.61 Å². The van der Waals surface area contributed by atoms with Gasteiger partial charge in [0, 0.05) is 4.47 Å². The highest BCUT2D eigenvalue weighted by Gasteiger charge is 2.25. The van der Waals surface area contributed by atoms with Crippen LogP contribution in [0.1, 0.15) is 48.4 Å². The van der Waals surface area contributed by atoms with Crippen LogP contribution in [-0.4, -0.2) is 24.1 Å². The molecule has 0 bridgehead atoms. The zero-order valence-electron chi connectivity index (χ0n) is 11.8. The Labute approximate surface area is 131 Å². The van der Waals surface area contributed by atoms with E-state index in [0.717, 1.165) is 0 Å². The number of esters is 2. The molecule has 0 saturated carbocycles. The molecular weight excluding hydrogens is 348 g/mol. The second kappa shape index (κ2) is 6.59. The molecule has 20 heavy (non-hydrogen) atoms. The summed E-state index contributed by atoms with van der Waals surface area (Å²) in [5, 5.41) is 0.318. The van der Waals surface area contributed by atoms with Crippen LogP contribution in [0.3, 0.4) is 0 Å². The Balaban J connectivity index is 3.26. The van der Waals surface area contributed by atoms with Gasteiger partial charge in [-0.05, 0) is 55.8 Å². The van der Waals surface area contributed by atoms with Gasteiger partial charge in [0.15, 0.2) is 0 Å². The lowest BCUT2D eigenvalue weighted by molar-refractivity contribution is 0.00643. The highest BCUT2D eigenvalue weighted by molar-refractivity contribution is 9.10. The average molecular weight is 364 g/mol. The molecule has 0 heterocycles. The molecule has 0 spiro atoms. The Morgan fingerprint density at radius 2 is 1.75 bits per heavy atom. The fourth-order valence-electron chi connectivity index (χ4n) is 1.43. The van der Waals surface area contributed by atoms with Gasteiger partial charge in [-0.2, -0.15) is 0 Å². The Bertz CT molecular complexity index is 535. The van der Waals surface area contributed by atoms with Gasteiger partial charge in [0.05, 0.1) is 22.8 Å². The van der Waals surface area contributed by atoms with E-state index >= 15 is 0 Å². The Morgan fingerprint density at radius 3 is 2.25 bits per heavy atom. The van der Waals surface area contributed by atoms with Crippen molar-refractivity contribution in [1.82, 2.24) is 0 Å². The molecule has 0 radical (unpaired) electrons. The number of rotatable bonds is 3. The molecule has 0 aliphatic carbocycles. The Hall–Kier alpha value is -1.07. The summed E-state index contributed by atoms with van der Waals surface area (Å²) in [4.78, 5) is 24.1. The van der Waals surface area contributed by atoms with E-state index < -0.39 is 17.5 Å². The molecule has 1 aromatic rings. The first-order valence-corrected chi connectivity index (χ1v) is 7.22. The van der Waals surface area contributed by atoms with Gasteiger partial charge in [0.2, 0.25) is 0 Å². The number of hydrogen-bond acceptors (Lipinski definition) is 4. The molecule has 0 aliphatic heterocycles. The van der Waals surface area contributed by atoms with Crippen molar-refractivity contribution in [2.45, 2.75) is 33.3 Å². The van der Waals surface area contributed by atoms with Crippen LogP contribution >= 0.6 is 27.5 Å². The van der Waals surface area contributed by atoms with E-state index in [9.17, 15) is 9.59 Å². The maximum Gasteiger partial charge on any atom is 0.339 e. The van der Waals surface area contributed by atoms with Gasteiger partial charge in [-0.3, -0.25) is 0 Å². The van der Waals surface area contributed by atoms with E-state index in [4.69, 9.17) is 21.1 Å². The van der Waals surface area contributed by atoms with Crippen molar-refractivity contribution in [1.29, 1.82) is 0 Å². The number of ether oxygens (including phenoxy) is 2. The molecule has 0 N–H and O–H groups in total. The van der Waals surface area contributed by atoms with Gasteiger partial charge < -0.3 is 9.47 Å². The molecule has 4 nitrogen and oxygen atoms in total. The van der Waals surface area contributed by atoms with E-state index in [1.165, 1.54) is 12.1 Å². The van der Waals surface area contributed by atoms with Gasteiger partial charge >= 0.3 is 11.9 Å². The molecule has 6 heteroatoms. The van der Waals surface area contributed by atoms with Crippen molar-refractivity contribution >= 4 is 39.5 Å². The molecule has 1 aromatic carbocycles. The Kier molecular flexibility index (Phi) is 5.59. The van der Waals surface area contributed by atoms with Crippen LogP contribution in [0.4, 0.5) is 0 Å². The van der Waals surface area contributed by atoms with Crippen LogP contribution in [0.25, 0.3) is 0 Å². The molecule has 0 amide bonds. The van der Waals surface area contributed by atoms with Gasteiger partial charge in [0.25, 0.3) is 0 Å². The van der Waals surface area contributed by atoms with Gasteiger partial charge in [-0.15, -0.1) is 0 Å². The molecule has 0 aromatic heterocycles. The van der Waals surface area contributed by atoms with Crippen molar-refractivity contribution in [3.63, 3.8) is 0 Å². The summed E-state index contributed by atoms with van der Waals surface area (Å²) in [5.74, 6) is -1.21. The van der Waals surface area contributed by atoms with Gasteiger partial charge in [-0.1, -0.05) is 11.6 Å². The zero-order chi connectivity index (χ0) is 15.5.